The molecule has 0 atom stereocenters. The van der Waals surface area contributed by atoms with Crippen LogP contribution in [0.1, 0.15) is 31.8 Å². The van der Waals surface area contributed by atoms with E-state index in [0.29, 0.717) is 27.0 Å². The molecule has 40 heavy (non-hydrogen) atoms. The van der Waals surface area contributed by atoms with Crippen molar-refractivity contribution in [2.75, 3.05) is 6.54 Å². The highest BCUT2D eigenvalue weighted by atomic mass is 16.2. The Bertz CT molecular complexity index is 1710. The molecule has 5 aromatic rings. The van der Waals surface area contributed by atoms with Crippen molar-refractivity contribution < 1.29 is 19.2 Å². The van der Waals surface area contributed by atoms with Gasteiger partial charge in [-0.2, -0.15) is 4.90 Å². The molecule has 194 valence electrons. The molecular formula is C34H24N2O4. The maximum absolute atomic E-state index is 14.6. The van der Waals surface area contributed by atoms with Crippen molar-refractivity contribution in [1.29, 1.82) is 0 Å². The fourth-order valence-electron chi connectivity index (χ4n) is 5.47. The maximum atomic E-state index is 14.6. The fraction of sp³-hybridized carbons (Fsp3) is 0.0588. The van der Waals surface area contributed by atoms with Gasteiger partial charge in [0.25, 0.3) is 11.8 Å². The van der Waals surface area contributed by atoms with Crippen molar-refractivity contribution in [3.63, 3.8) is 0 Å². The molecule has 4 amide bonds. The average Bonchev–Trinajstić information content (AvgIpc) is 3.23. The summed E-state index contributed by atoms with van der Waals surface area (Å²) >= 11 is 0. The summed E-state index contributed by atoms with van der Waals surface area (Å²) in [6.45, 7) is -0.405. The molecule has 1 saturated heterocycles. The summed E-state index contributed by atoms with van der Waals surface area (Å²) in [6.07, 6.45) is 0. The number of carbonyl (C=O) groups is 4. The number of urea groups is 1. The van der Waals surface area contributed by atoms with Crippen LogP contribution >= 0.6 is 0 Å². The van der Waals surface area contributed by atoms with E-state index in [2.05, 4.69) is 0 Å². The highest BCUT2D eigenvalue weighted by Gasteiger charge is 2.61. The minimum absolute atomic E-state index is 0.228. The smallest absolute Gasteiger partial charge is 0.293 e. The van der Waals surface area contributed by atoms with E-state index in [9.17, 15) is 19.2 Å². The number of amides is 4. The second kappa shape index (κ2) is 10.1. The van der Waals surface area contributed by atoms with E-state index < -0.39 is 29.9 Å². The molecule has 0 N–H and O–H groups in total. The van der Waals surface area contributed by atoms with Gasteiger partial charge in [-0.05, 0) is 28.0 Å². The average molecular weight is 525 g/mol. The number of rotatable bonds is 6. The van der Waals surface area contributed by atoms with Crippen LogP contribution in [0, 0.1) is 0 Å². The standard InChI is InChI=1S/C34H24N2O4/c37-30(25-14-4-1-5-15-25)23-35-33(40)36(31(38)29-22-12-16-24-13-10-11-21-28(24)29)32(39)34(35,26-17-6-2-7-18-26)27-19-8-3-9-20-27/h1-22H,23H2. The lowest BCUT2D eigenvalue weighted by molar-refractivity contribution is -0.130. The van der Waals surface area contributed by atoms with Crippen LogP contribution in [0.25, 0.3) is 10.8 Å². The van der Waals surface area contributed by atoms with Gasteiger partial charge < -0.3 is 0 Å². The predicted octanol–water partition coefficient (Wildman–Crippen LogP) is 6.07. The van der Waals surface area contributed by atoms with Crippen LogP contribution in [0.3, 0.4) is 0 Å². The molecule has 0 aliphatic carbocycles. The van der Waals surface area contributed by atoms with Gasteiger partial charge in [-0.3, -0.25) is 19.3 Å². The van der Waals surface area contributed by atoms with Crippen LogP contribution in [-0.2, 0) is 10.3 Å². The predicted molar refractivity (Wildman–Crippen MR) is 152 cm³/mol. The lowest BCUT2D eigenvalue weighted by Gasteiger charge is -2.35. The van der Waals surface area contributed by atoms with Crippen molar-refractivity contribution >= 4 is 34.4 Å². The van der Waals surface area contributed by atoms with Crippen molar-refractivity contribution in [3.8, 4) is 0 Å². The highest BCUT2D eigenvalue weighted by Crippen LogP contribution is 2.44. The first-order valence-corrected chi connectivity index (χ1v) is 12.9. The van der Waals surface area contributed by atoms with Crippen molar-refractivity contribution in [2.45, 2.75) is 5.54 Å². The summed E-state index contributed by atoms with van der Waals surface area (Å²) in [5.41, 5.74) is -0.144. The monoisotopic (exact) mass is 524 g/mol. The molecular weight excluding hydrogens is 500 g/mol. The summed E-state index contributed by atoms with van der Waals surface area (Å²) in [7, 11) is 0. The van der Waals surface area contributed by atoms with Gasteiger partial charge in [0.2, 0.25) is 0 Å². The normalized spacial score (nSPS) is 14.5. The Balaban J connectivity index is 1.56. The molecule has 6 nitrogen and oxygen atoms in total. The third-order valence-corrected chi connectivity index (χ3v) is 7.34. The van der Waals surface area contributed by atoms with E-state index >= 15 is 0 Å². The zero-order valence-corrected chi connectivity index (χ0v) is 21.4. The number of fused-ring (bicyclic) bond motifs is 1. The van der Waals surface area contributed by atoms with Gasteiger partial charge in [0.1, 0.15) is 0 Å². The number of benzene rings is 5. The number of ketones is 1. The largest absolute Gasteiger partial charge is 0.335 e. The van der Waals surface area contributed by atoms with Gasteiger partial charge in [-0.25, -0.2) is 4.79 Å². The number of Topliss-reactive ketones (excluding diaryl/α,β-unsaturated/α-hetero) is 1. The van der Waals surface area contributed by atoms with Crippen LogP contribution in [-0.4, -0.2) is 40.0 Å². The molecule has 0 bridgehead atoms. The third-order valence-electron chi connectivity index (χ3n) is 7.34. The molecule has 0 unspecified atom stereocenters. The van der Waals surface area contributed by atoms with E-state index in [1.165, 1.54) is 4.90 Å². The Kier molecular flexibility index (Phi) is 6.28. The van der Waals surface area contributed by atoms with E-state index in [0.717, 1.165) is 5.39 Å². The SMILES string of the molecule is O=C(CN1C(=O)N(C(=O)c2cccc3ccccc23)C(=O)C1(c1ccccc1)c1ccccc1)c1ccccc1. The van der Waals surface area contributed by atoms with Gasteiger partial charge in [-0.1, -0.05) is 127 Å². The zero-order chi connectivity index (χ0) is 27.7. The summed E-state index contributed by atoms with van der Waals surface area (Å²) in [6, 6.07) is 37.9. The number of carbonyl (C=O) groups excluding carboxylic acids is 4. The van der Waals surface area contributed by atoms with Gasteiger partial charge in [0.05, 0.1) is 6.54 Å². The summed E-state index contributed by atoms with van der Waals surface area (Å²) in [5, 5.41) is 1.43. The zero-order valence-electron chi connectivity index (χ0n) is 21.4. The third kappa shape index (κ3) is 3.89. The Hall–Kier alpha value is -5.36. The summed E-state index contributed by atoms with van der Waals surface area (Å²) < 4.78 is 0. The summed E-state index contributed by atoms with van der Waals surface area (Å²) in [5.74, 6) is -1.82. The van der Waals surface area contributed by atoms with Gasteiger partial charge in [0.15, 0.2) is 11.3 Å². The minimum Gasteiger partial charge on any atom is -0.293 e. The molecule has 5 aromatic carbocycles. The molecule has 1 aliphatic heterocycles. The van der Waals surface area contributed by atoms with Crippen molar-refractivity contribution in [1.82, 2.24) is 9.80 Å². The lowest BCUT2D eigenvalue weighted by Crippen LogP contribution is -2.49. The van der Waals surface area contributed by atoms with E-state index in [1.807, 2.05) is 30.3 Å². The Morgan fingerprint density at radius 1 is 0.600 bits per heavy atom. The first kappa shape index (κ1) is 24.9. The second-order valence-electron chi connectivity index (χ2n) is 9.57. The summed E-state index contributed by atoms with van der Waals surface area (Å²) in [4.78, 5) is 58.5. The van der Waals surface area contributed by atoms with Crippen LogP contribution in [0.4, 0.5) is 4.79 Å². The first-order valence-electron chi connectivity index (χ1n) is 12.9. The molecule has 0 aromatic heterocycles. The van der Waals surface area contributed by atoms with Crippen LogP contribution < -0.4 is 0 Å². The quantitative estimate of drug-likeness (QED) is 0.154. The van der Waals surface area contributed by atoms with Crippen LogP contribution in [0.5, 0.6) is 0 Å². The van der Waals surface area contributed by atoms with E-state index in [4.69, 9.17) is 0 Å². The molecule has 1 heterocycles. The first-order chi connectivity index (χ1) is 19.5. The topological polar surface area (TPSA) is 74.8 Å². The number of hydrogen-bond acceptors (Lipinski definition) is 4. The Morgan fingerprint density at radius 2 is 1.12 bits per heavy atom. The van der Waals surface area contributed by atoms with Crippen molar-refractivity contribution in [2.24, 2.45) is 0 Å². The van der Waals surface area contributed by atoms with Gasteiger partial charge in [-0.15, -0.1) is 0 Å². The molecule has 1 fully saturated rings. The molecule has 6 rings (SSSR count). The minimum atomic E-state index is -1.73. The van der Waals surface area contributed by atoms with Gasteiger partial charge in [0, 0.05) is 11.1 Å². The molecule has 0 saturated carbocycles. The highest BCUT2D eigenvalue weighted by molar-refractivity contribution is 6.26. The molecule has 1 aliphatic rings. The lowest BCUT2D eigenvalue weighted by atomic mass is 9.81. The number of imide groups is 3. The van der Waals surface area contributed by atoms with Gasteiger partial charge >= 0.3 is 6.03 Å². The molecule has 6 heteroatoms. The second-order valence-corrected chi connectivity index (χ2v) is 9.57. The van der Waals surface area contributed by atoms with Crippen LogP contribution in [0.15, 0.2) is 133 Å². The van der Waals surface area contributed by atoms with Crippen molar-refractivity contribution in [3.05, 3.63) is 156 Å². The number of nitrogens with zero attached hydrogens (tertiary/aromatic N) is 2. The maximum Gasteiger partial charge on any atom is 0.335 e. The molecule has 0 spiro atoms. The van der Waals surface area contributed by atoms with E-state index in [1.54, 1.807) is 103 Å². The number of hydrogen-bond donors (Lipinski definition) is 0. The molecule has 0 radical (unpaired) electrons. The Labute approximate surface area is 231 Å². The Morgan fingerprint density at radius 3 is 1.75 bits per heavy atom. The van der Waals surface area contributed by atoms with E-state index in [-0.39, 0.29) is 11.3 Å². The van der Waals surface area contributed by atoms with Crippen LogP contribution in [0.2, 0.25) is 0 Å². The fourth-order valence-corrected chi connectivity index (χ4v) is 5.47.